The predicted octanol–water partition coefficient (Wildman–Crippen LogP) is 3.78. The third-order valence-corrected chi connectivity index (χ3v) is 6.09. The van der Waals surface area contributed by atoms with Gasteiger partial charge in [0.25, 0.3) is 5.91 Å². The quantitative estimate of drug-likeness (QED) is 0.529. The van der Waals surface area contributed by atoms with E-state index in [-0.39, 0.29) is 0 Å². The fraction of sp³-hybridized carbons (Fsp3) is 0.261. The van der Waals surface area contributed by atoms with Crippen molar-refractivity contribution in [1.29, 1.82) is 0 Å². The fourth-order valence-corrected chi connectivity index (χ4v) is 4.55. The van der Waals surface area contributed by atoms with Crippen LogP contribution in [0.2, 0.25) is 5.02 Å². The van der Waals surface area contributed by atoms with Gasteiger partial charge in [0.05, 0.1) is 40.5 Å². The molecule has 0 atom stereocenters. The zero-order chi connectivity index (χ0) is 21.7. The minimum absolute atomic E-state index is 0.412. The van der Waals surface area contributed by atoms with E-state index < -0.39 is 5.91 Å². The molecule has 3 heterocycles. The van der Waals surface area contributed by atoms with Crippen LogP contribution in [0.15, 0.2) is 36.5 Å². The van der Waals surface area contributed by atoms with Gasteiger partial charge in [-0.25, -0.2) is 4.98 Å². The maximum atomic E-state index is 12.3. The van der Waals surface area contributed by atoms with Crippen LogP contribution < -0.4 is 10.6 Å². The first-order valence-corrected chi connectivity index (χ1v) is 10.5. The molecular formula is C23H22ClN5O2. The Hall–Kier alpha value is -3.16. The number of imidazole rings is 1. The van der Waals surface area contributed by atoms with Gasteiger partial charge in [-0.3, -0.25) is 14.3 Å². The van der Waals surface area contributed by atoms with Crippen molar-refractivity contribution in [3.8, 4) is 5.69 Å². The second-order valence-electron chi connectivity index (χ2n) is 7.74. The first kappa shape index (κ1) is 19.8. The molecule has 0 radical (unpaired) electrons. The molecule has 1 amide bonds. The van der Waals surface area contributed by atoms with Gasteiger partial charge < -0.3 is 15.4 Å². The summed E-state index contributed by atoms with van der Waals surface area (Å²) in [5, 5.41) is 1.51. The number of rotatable bonds is 3. The van der Waals surface area contributed by atoms with Crippen LogP contribution in [-0.2, 0) is 4.74 Å². The molecule has 1 fully saturated rings. The molecule has 0 saturated carbocycles. The second-order valence-corrected chi connectivity index (χ2v) is 8.15. The SMILES string of the molecule is Cc1cnc2c(Cl)cccc2c1-n1c(C)nc2c(C(N)=O)cc(N3CCOCC3)cc21. The zero-order valence-corrected chi connectivity index (χ0v) is 18.1. The number of nitrogens with two attached hydrogens (primary N) is 1. The Morgan fingerprint density at radius 2 is 1.94 bits per heavy atom. The summed E-state index contributed by atoms with van der Waals surface area (Å²) in [6.45, 7) is 6.74. The highest BCUT2D eigenvalue weighted by Crippen LogP contribution is 2.34. The number of morpholine rings is 1. The normalized spacial score (nSPS) is 14.5. The Morgan fingerprint density at radius 1 is 1.16 bits per heavy atom. The minimum Gasteiger partial charge on any atom is -0.378 e. The highest BCUT2D eigenvalue weighted by molar-refractivity contribution is 6.35. The van der Waals surface area contributed by atoms with Gasteiger partial charge in [-0.1, -0.05) is 23.7 Å². The number of aryl methyl sites for hydroxylation is 2. The lowest BCUT2D eigenvalue weighted by Gasteiger charge is -2.29. The van der Waals surface area contributed by atoms with Gasteiger partial charge >= 0.3 is 0 Å². The molecular weight excluding hydrogens is 414 g/mol. The van der Waals surface area contributed by atoms with E-state index in [4.69, 9.17) is 27.1 Å². The van der Waals surface area contributed by atoms with Gasteiger partial charge in [-0.05, 0) is 37.6 Å². The minimum atomic E-state index is -0.496. The van der Waals surface area contributed by atoms with Crippen LogP contribution in [-0.4, -0.2) is 46.7 Å². The summed E-state index contributed by atoms with van der Waals surface area (Å²) >= 11 is 6.43. The van der Waals surface area contributed by atoms with Gasteiger partial charge in [-0.2, -0.15) is 0 Å². The number of halogens is 1. The predicted molar refractivity (Wildman–Crippen MR) is 122 cm³/mol. The summed E-state index contributed by atoms with van der Waals surface area (Å²) in [5.41, 5.74) is 11.2. The topological polar surface area (TPSA) is 86.3 Å². The number of amides is 1. The van der Waals surface area contributed by atoms with Gasteiger partial charge in [0.15, 0.2) is 0 Å². The molecule has 8 heteroatoms. The van der Waals surface area contributed by atoms with Crippen LogP contribution in [0.5, 0.6) is 0 Å². The van der Waals surface area contributed by atoms with Crippen molar-refractivity contribution in [2.24, 2.45) is 5.73 Å². The Morgan fingerprint density at radius 3 is 2.68 bits per heavy atom. The van der Waals surface area contributed by atoms with Crippen LogP contribution >= 0.6 is 11.6 Å². The molecule has 2 N–H and O–H groups in total. The van der Waals surface area contributed by atoms with E-state index in [0.29, 0.717) is 29.3 Å². The van der Waals surface area contributed by atoms with Gasteiger partial charge in [0.1, 0.15) is 11.3 Å². The average Bonchev–Trinajstić information content (AvgIpc) is 3.09. The Balaban J connectivity index is 1.85. The molecule has 4 aromatic rings. The lowest BCUT2D eigenvalue weighted by atomic mass is 10.1. The lowest BCUT2D eigenvalue weighted by Crippen LogP contribution is -2.36. The summed E-state index contributed by atoms with van der Waals surface area (Å²) in [6, 6.07) is 9.65. The first-order valence-electron chi connectivity index (χ1n) is 10.2. The van der Waals surface area contributed by atoms with Crippen LogP contribution in [0.1, 0.15) is 21.7 Å². The number of ether oxygens (including phenoxy) is 1. The number of aromatic nitrogens is 3. The Bertz CT molecular complexity index is 1340. The van der Waals surface area contributed by atoms with E-state index in [1.807, 2.05) is 44.3 Å². The molecule has 0 unspecified atom stereocenters. The molecule has 0 aliphatic carbocycles. The van der Waals surface area contributed by atoms with Crippen LogP contribution in [0.25, 0.3) is 27.6 Å². The largest absolute Gasteiger partial charge is 0.378 e. The molecule has 0 bridgehead atoms. The number of para-hydroxylation sites is 1. The number of carbonyl (C=O) groups excluding carboxylic acids is 1. The monoisotopic (exact) mass is 435 g/mol. The molecule has 0 spiro atoms. The fourth-order valence-electron chi connectivity index (χ4n) is 4.32. The molecule has 31 heavy (non-hydrogen) atoms. The second kappa shape index (κ2) is 7.51. The van der Waals surface area contributed by atoms with E-state index in [0.717, 1.165) is 52.3 Å². The highest BCUT2D eigenvalue weighted by atomic mass is 35.5. The maximum Gasteiger partial charge on any atom is 0.251 e. The van der Waals surface area contributed by atoms with E-state index in [1.54, 1.807) is 0 Å². The number of hydrogen-bond donors (Lipinski definition) is 1. The van der Waals surface area contributed by atoms with Crippen molar-refractivity contribution in [3.05, 3.63) is 58.5 Å². The third-order valence-electron chi connectivity index (χ3n) is 5.78. The van der Waals surface area contributed by atoms with Crippen LogP contribution in [0, 0.1) is 13.8 Å². The van der Waals surface area contributed by atoms with E-state index in [2.05, 4.69) is 20.5 Å². The number of primary amides is 1. The summed E-state index contributed by atoms with van der Waals surface area (Å²) in [6.07, 6.45) is 1.82. The highest BCUT2D eigenvalue weighted by Gasteiger charge is 2.22. The third kappa shape index (κ3) is 3.21. The maximum absolute atomic E-state index is 12.3. The van der Waals surface area contributed by atoms with Gasteiger partial charge in [0, 0.05) is 30.4 Å². The summed E-state index contributed by atoms with van der Waals surface area (Å²) < 4.78 is 7.56. The van der Waals surface area contributed by atoms with E-state index in [9.17, 15) is 4.79 Å². The van der Waals surface area contributed by atoms with E-state index in [1.165, 1.54) is 0 Å². The number of fused-ring (bicyclic) bond motifs is 2. The van der Waals surface area contributed by atoms with Gasteiger partial charge in [-0.15, -0.1) is 0 Å². The Kier molecular flexibility index (Phi) is 4.79. The first-order chi connectivity index (χ1) is 15.0. The zero-order valence-electron chi connectivity index (χ0n) is 17.4. The molecule has 1 aliphatic heterocycles. The van der Waals surface area contributed by atoms with Crippen molar-refractivity contribution in [1.82, 2.24) is 14.5 Å². The molecule has 158 valence electrons. The molecule has 5 rings (SSSR count). The van der Waals surface area contributed by atoms with Crippen LogP contribution in [0.3, 0.4) is 0 Å². The van der Waals surface area contributed by atoms with E-state index >= 15 is 0 Å². The molecule has 2 aromatic heterocycles. The summed E-state index contributed by atoms with van der Waals surface area (Å²) in [4.78, 5) is 23.8. The van der Waals surface area contributed by atoms with Crippen molar-refractivity contribution >= 4 is 45.1 Å². The number of hydrogen-bond acceptors (Lipinski definition) is 5. The number of benzene rings is 2. The average molecular weight is 436 g/mol. The summed E-state index contributed by atoms with van der Waals surface area (Å²) in [7, 11) is 0. The Labute approximate surface area is 184 Å². The molecule has 2 aromatic carbocycles. The number of anilines is 1. The smallest absolute Gasteiger partial charge is 0.251 e. The van der Waals surface area contributed by atoms with Crippen molar-refractivity contribution in [2.45, 2.75) is 13.8 Å². The van der Waals surface area contributed by atoms with Crippen molar-refractivity contribution in [3.63, 3.8) is 0 Å². The lowest BCUT2D eigenvalue weighted by molar-refractivity contribution is 0.100. The number of carbonyl (C=O) groups is 1. The number of pyridine rings is 1. The van der Waals surface area contributed by atoms with Gasteiger partial charge in [0.2, 0.25) is 0 Å². The van der Waals surface area contributed by atoms with Crippen molar-refractivity contribution in [2.75, 3.05) is 31.2 Å². The van der Waals surface area contributed by atoms with Crippen LogP contribution in [0.4, 0.5) is 5.69 Å². The molecule has 1 saturated heterocycles. The standard InChI is InChI=1S/C23H22ClN5O2/c1-13-12-26-20-16(4-3-5-18(20)24)22(13)29-14(2)27-21-17(23(25)30)10-15(11-19(21)29)28-6-8-31-9-7-28/h3-5,10-12H,6-9H2,1-2H3,(H2,25,30). The van der Waals surface area contributed by atoms with Crippen molar-refractivity contribution < 1.29 is 9.53 Å². The molecule has 1 aliphatic rings. The molecule has 7 nitrogen and oxygen atoms in total. The number of nitrogens with zero attached hydrogens (tertiary/aromatic N) is 4. The summed E-state index contributed by atoms with van der Waals surface area (Å²) in [5.74, 6) is 0.260.